The molecule has 2 rings (SSSR count). The van der Waals surface area contributed by atoms with Crippen LogP contribution in [0.25, 0.3) is 11.1 Å². The fourth-order valence-electron chi connectivity index (χ4n) is 2.41. The predicted molar refractivity (Wildman–Crippen MR) is 95.0 cm³/mol. The number of methoxy groups -OCH3 is 1. The number of hydrogen-bond acceptors (Lipinski definition) is 3. The molecule has 0 saturated carbocycles. The van der Waals surface area contributed by atoms with E-state index in [-0.39, 0.29) is 12.6 Å². The highest BCUT2D eigenvalue weighted by Gasteiger charge is 2.09. The summed E-state index contributed by atoms with van der Waals surface area (Å²) in [6, 6.07) is 15.8. The van der Waals surface area contributed by atoms with Gasteiger partial charge in [0.2, 0.25) is 0 Å². The molecule has 0 saturated heterocycles. The van der Waals surface area contributed by atoms with E-state index in [0.29, 0.717) is 19.6 Å². The maximum Gasteiger partial charge on any atom is 0.317 e. The zero-order chi connectivity index (χ0) is 17.4. The molecule has 128 valence electrons. The lowest BCUT2D eigenvalue weighted by atomic mass is 10.0. The van der Waals surface area contributed by atoms with Gasteiger partial charge < -0.3 is 20.1 Å². The maximum absolute atomic E-state index is 12.0. The molecular weight excluding hydrogens is 304 g/mol. The fourth-order valence-corrected chi connectivity index (χ4v) is 2.41. The molecule has 0 unspecified atom stereocenters. The maximum atomic E-state index is 12.0. The SMILES string of the molecule is CCN(CCO)C(=O)NCc1ccc(-c2ccc(OC)cc2)cc1. The van der Waals surface area contributed by atoms with Crippen molar-refractivity contribution in [2.75, 3.05) is 26.8 Å². The van der Waals surface area contributed by atoms with Crippen LogP contribution in [-0.4, -0.2) is 42.8 Å². The van der Waals surface area contributed by atoms with Crippen LogP contribution in [0.2, 0.25) is 0 Å². The number of nitrogens with zero attached hydrogens (tertiary/aromatic N) is 1. The Bertz CT molecular complexity index is 639. The molecule has 5 heteroatoms. The molecule has 5 nitrogen and oxygen atoms in total. The summed E-state index contributed by atoms with van der Waals surface area (Å²) >= 11 is 0. The second-order valence-corrected chi connectivity index (χ2v) is 5.39. The van der Waals surface area contributed by atoms with Gasteiger partial charge in [0, 0.05) is 19.6 Å². The first-order chi connectivity index (χ1) is 11.7. The van der Waals surface area contributed by atoms with Crippen molar-refractivity contribution in [1.29, 1.82) is 0 Å². The van der Waals surface area contributed by atoms with E-state index in [4.69, 9.17) is 9.84 Å². The number of hydrogen-bond donors (Lipinski definition) is 2. The molecule has 0 aliphatic rings. The highest BCUT2D eigenvalue weighted by molar-refractivity contribution is 5.74. The molecule has 0 radical (unpaired) electrons. The molecule has 0 aliphatic heterocycles. The van der Waals surface area contributed by atoms with E-state index < -0.39 is 0 Å². The van der Waals surface area contributed by atoms with E-state index in [1.807, 2.05) is 55.5 Å². The van der Waals surface area contributed by atoms with E-state index >= 15 is 0 Å². The van der Waals surface area contributed by atoms with Gasteiger partial charge in [0.25, 0.3) is 0 Å². The first-order valence-corrected chi connectivity index (χ1v) is 8.05. The molecule has 2 amide bonds. The van der Waals surface area contributed by atoms with Gasteiger partial charge in [-0.1, -0.05) is 36.4 Å². The van der Waals surface area contributed by atoms with Gasteiger partial charge >= 0.3 is 6.03 Å². The molecule has 0 heterocycles. The van der Waals surface area contributed by atoms with Crippen LogP contribution in [0.4, 0.5) is 4.79 Å². The lowest BCUT2D eigenvalue weighted by Crippen LogP contribution is -2.40. The summed E-state index contributed by atoms with van der Waals surface area (Å²) in [5, 5.41) is 11.8. The highest BCUT2D eigenvalue weighted by Crippen LogP contribution is 2.22. The van der Waals surface area contributed by atoms with Crippen molar-refractivity contribution in [1.82, 2.24) is 10.2 Å². The highest BCUT2D eigenvalue weighted by atomic mass is 16.5. The van der Waals surface area contributed by atoms with E-state index in [1.54, 1.807) is 12.0 Å². The summed E-state index contributed by atoms with van der Waals surface area (Å²) in [7, 11) is 1.65. The Hall–Kier alpha value is -2.53. The molecule has 2 aromatic carbocycles. The number of benzene rings is 2. The summed E-state index contributed by atoms with van der Waals surface area (Å²) in [4.78, 5) is 13.6. The Morgan fingerprint density at radius 3 is 2.17 bits per heavy atom. The summed E-state index contributed by atoms with van der Waals surface area (Å²) < 4.78 is 5.16. The van der Waals surface area contributed by atoms with Gasteiger partial charge in [-0.2, -0.15) is 0 Å². The molecule has 2 aromatic rings. The van der Waals surface area contributed by atoms with Crippen LogP contribution in [0.1, 0.15) is 12.5 Å². The molecule has 2 N–H and O–H groups in total. The Labute approximate surface area is 142 Å². The Morgan fingerprint density at radius 1 is 1.08 bits per heavy atom. The third-order valence-corrected chi connectivity index (χ3v) is 3.86. The molecule has 24 heavy (non-hydrogen) atoms. The van der Waals surface area contributed by atoms with Gasteiger partial charge in [-0.15, -0.1) is 0 Å². The van der Waals surface area contributed by atoms with Gasteiger partial charge in [-0.3, -0.25) is 0 Å². The number of amides is 2. The Kier molecular flexibility index (Phi) is 6.63. The summed E-state index contributed by atoms with van der Waals surface area (Å²) in [5.74, 6) is 0.835. The molecule has 0 aromatic heterocycles. The molecule has 0 aliphatic carbocycles. The minimum absolute atomic E-state index is 0.0299. The van der Waals surface area contributed by atoms with Crippen molar-refractivity contribution in [2.45, 2.75) is 13.5 Å². The number of carbonyl (C=O) groups is 1. The zero-order valence-electron chi connectivity index (χ0n) is 14.2. The van der Waals surface area contributed by atoms with Crippen LogP contribution in [0, 0.1) is 0 Å². The lowest BCUT2D eigenvalue weighted by Gasteiger charge is -2.20. The Balaban J connectivity index is 1.95. The molecule has 0 bridgehead atoms. The number of likely N-dealkylation sites (N-methyl/N-ethyl adjacent to an activating group) is 1. The zero-order valence-corrected chi connectivity index (χ0v) is 14.2. The number of aliphatic hydroxyl groups is 1. The third-order valence-electron chi connectivity index (χ3n) is 3.86. The van der Waals surface area contributed by atoms with Crippen LogP contribution in [0.3, 0.4) is 0 Å². The van der Waals surface area contributed by atoms with Crippen LogP contribution < -0.4 is 10.1 Å². The van der Waals surface area contributed by atoms with Crippen molar-refractivity contribution < 1.29 is 14.6 Å². The Morgan fingerprint density at radius 2 is 1.67 bits per heavy atom. The average molecular weight is 328 g/mol. The minimum atomic E-state index is -0.161. The number of aliphatic hydroxyl groups excluding tert-OH is 1. The summed E-state index contributed by atoms with van der Waals surface area (Å²) in [6.45, 7) is 3.24. The van der Waals surface area contributed by atoms with Crippen LogP contribution in [-0.2, 0) is 6.54 Å². The molecule has 0 spiro atoms. The van der Waals surface area contributed by atoms with Gasteiger partial charge in [0.15, 0.2) is 0 Å². The first-order valence-electron chi connectivity index (χ1n) is 8.05. The molecule has 0 fully saturated rings. The van der Waals surface area contributed by atoms with E-state index in [1.165, 1.54) is 0 Å². The van der Waals surface area contributed by atoms with Crippen LogP contribution >= 0.6 is 0 Å². The second-order valence-electron chi connectivity index (χ2n) is 5.39. The quantitative estimate of drug-likeness (QED) is 0.821. The smallest absolute Gasteiger partial charge is 0.317 e. The van der Waals surface area contributed by atoms with Gasteiger partial charge in [-0.05, 0) is 35.7 Å². The topological polar surface area (TPSA) is 61.8 Å². The van der Waals surface area contributed by atoms with Gasteiger partial charge in [-0.25, -0.2) is 4.79 Å². The second kappa shape index (κ2) is 8.93. The van der Waals surface area contributed by atoms with E-state index in [9.17, 15) is 4.79 Å². The number of ether oxygens (including phenoxy) is 1. The van der Waals surface area contributed by atoms with Crippen molar-refractivity contribution >= 4 is 6.03 Å². The fraction of sp³-hybridized carbons (Fsp3) is 0.316. The number of nitrogens with one attached hydrogen (secondary N) is 1. The third kappa shape index (κ3) is 4.73. The first kappa shape index (κ1) is 17.8. The monoisotopic (exact) mass is 328 g/mol. The van der Waals surface area contributed by atoms with Crippen molar-refractivity contribution in [3.05, 3.63) is 54.1 Å². The molecule has 0 atom stereocenters. The van der Waals surface area contributed by atoms with Gasteiger partial charge in [0.05, 0.1) is 13.7 Å². The minimum Gasteiger partial charge on any atom is -0.497 e. The lowest BCUT2D eigenvalue weighted by molar-refractivity contribution is 0.180. The normalized spacial score (nSPS) is 10.3. The number of rotatable bonds is 7. The molecular formula is C19H24N2O3. The number of urea groups is 1. The number of carbonyl (C=O) groups excluding carboxylic acids is 1. The van der Waals surface area contributed by atoms with Crippen molar-refractivity contribution in [3.8, 4) is 16.9 Å². The van der Waals surface area contributed by atoms with Gasteiger partial charge in [0.1, 0.15) is 5.75 Å². The van der Waals surface area contributed by atoms with E-state index in [2.05, 4.69) is 5.32 Å². The van der Waals surface area contributed by atoms with E-state index in [0.717, 1.165) is 22.4 Å². The van der Waals surface area contributed by atoms with Crippen molar-refractivity contribution in [2.24, 2.45) is 0 Å². The largest absolute Gasteiger partial charge is 0.497 e. The predicted octanol–water partition coefficient (Wildman–Crippen LogP) is 2.89. The van der Waals surface area contributed by atoms with Crippen LogP contribution in [0.15, 0.2) is 48.5 Å². The summed E-state index contributed by atoms with van der Waals surface area (Å²) in [5.41, 5.74) is 3.26. The van der Waals surface area contributed by atoms with Crippen molar-refractivity contribution in [3.63, 3.8) is 0 Å². The van der Waals surface area contributed by atoms with Crippen LogP contribution in [0.5, 0.6) is 5.75 Å². The summed E-state index contributed by atoms with van der Waals surface area (Å²) in [6.07, 6.45) is 0. The standard InChI is InChI=1S/C19H24N2O3/c1-3-21(12-13-22)19(23)20-14-15-4-6-16(7-5-15)17-8-10-18(24-2)11-9-17/h4-11,22H,3,12-14H2,1-2H3,(H,20,23). The average Bonchev–Trinajstić information content (AvgIpc) is 2.64.